The maximum Gasteiger partial charge on any atom is 0.414 e. The van der Waals surface area contributed by atoms with Crippen LogP contribution < -0.4 is 4.90 Å². The van der Waals surface area contributed by atoms with Crippen molar-refractivity contribution in [1.82, 2.24) is 9.55 Å². The number of halogens is 4. The molecule has 12 heteroatoms. The highest BCUT2D eigenvalue weighted by atomic mass is 19.3. The van der Waals surface area contributed by atoms with Gasteiger partial charge in [0.15, 0.2) is 0 Å². The summed E-state index contributed by atoms with van der Waals surface area (Å²) in [6.45, 7) is 1.17. The fraction of sp³-hybridized carbons (Fsp3) is 0.464. The summed E-state index contributed by atoms with van der Waals surface area (Å²) in [6, 6.07) is 7.48. The number of carbonyl (C=O) groups excluding carboxylic acids is 1. The first-order valence-electron chi connectivity index (χ1n) is 13.0. The minimum atomic E-state index is -3.08. The van der Waals surface area contributed by atoms with Crippen molar-refractivity contribution < 1.29 is 41.7 Å². The van der Waals surface area contributed by atoms with Crippen molar-refractivity contribution in [3.05, 3.63) is 58.9 Å². The molecule has 3 atom stereocenters. The lowest BCUT2D eigenvalue weighted by molar-refractivity contribution is -0.139. The Hall–Kier alpha value is -3.67. The van der Waals surface area contributed by atoms with E-state index in [0.717, 1.165) is 5.56 Å². The Balaban J connectivity index is 1.64. The molecule has 2 aromatic carbocycles. The van der Waals surface area contributed by atoms with Gasteiger partial charge in [0.25, 0.3) is 12.3 Å². The van der Waals surface area contributed by atoms with Gasteiger partial charge in [0.1, 0.15) is 12.4 Å². The van der Waals surface area contributed by atoms with Gasteiger partial charge in [-0.25, -0.2) is 27.3 Å². The number of alkyl halides is 4. The molecule has 3 heterocycles. The highest BCUT2D eigenvalue weighted by molar-refractivity contribution is 5.95. The Kier molecular flexibility index (Phi) is 7.47. The van der Waals surface area contributed by atoms with Crippen molar-refractivity contribution in [3.8, 4) is 0 Å². The lowest BCUT2D eigenvalue weighted by atomic mass is 9.94. The van der Waals surface area contributed by atoms with Crippen molar-refractivity contribution >= 4 is 28.8 Å². The van der Waals surface area contributed by atoms with E-state index in [1.165, 1.54) is 36.3 Å². The summed E-state index contributed by atoms with van der Waals surface area (Å²) in [7, 11) is 1.29. The third-order valence-corrected chi connectivity index (χ3v) is 7.70. The van der Waals surface area contributed by atoms with Crippen LogP contribution in [0.1, 0.15) is 60.7 Å². The number of nitrogens with zero attached hydrogens (tertiary/aromatic N) is 3. The van der Waals surface area contributed by atoms with Gasteiger partial charge >= 0.3 is 12.1 Å². The predicted octanol–water partition coefficient (Wildman–Crippen LogP) is 5.89. The van der Waals surface area contributed by atoms with Gasteiger partial charge in [-0.1, -0.05) is 24.3 Å². The molecule has 40 heavy (non-hydrogen) atoms. The van der Waals surface area contributed by atoms with E-state index in [2.05, 4.69) is 0 Å². The average molecular weight is 564 g/mol. The molecule has 2 aliphatic heterocycles. The average Bonchev–Trinajstić information content (AvgIpc) is 3.29. The van der Waals surface area contributed by atoms with Crippen LogP contribution in [-0.4, -0.2) is 59.0 Å². The maximum absolute atomic E-state index is 14.5. The maximum atomic E-state index is 14.5. The van der Waals surface area contributed by atoms with Gasteiger partial charge in [0.05, 0.1) is 42.4 Å². The summed E-state index contributed by atoms with van der Waals surface area (Å²) >= 11 is 0. The molecule has 0 bridgehead atoms. The Morgan fingerprint density at radius 3 is 2.50 bits per heavy atom. The van der Waals surface area contributed by atoms with Crippen molar-refractivity contribution in [3.63, 3.8) is 0 Å². The van der Waals surface area contributed by atoms with E-state index < -0.39 is 49.4 Å². The fourth-order valence-electron chi connectivity index (χ4n) is 5.75. The molecule has 1 saturated heterocycles. The fourth-order valence-corrected chi connectivity index (χ4v) is 5.75. The zero-order chi connectivity index (χ0) is 28.8. The molecule has 1 fully saturated rings. The minimum Gasteiger partial charge on any atom is -0.481 e. The molecule has 0 aliphatic carbocycles. The standard InChI is InChI=1S/C28H29F4N3O5/c1-15-3-8-19-21(34(15)27(38)39-2)9-10-22-24(19)33-23(35(22)18-12-28(31,32)14-40-13-18)11-20(26(36)37)16-4-6-17(7-5-16)25(29)30/h4-7,9-10,15,18,20,25H,3,8,11-14H2,1-2H3,(H,36,37)/t15-,18-,20+/m0/s1. The van der Waals surface area contributed by atoms with Crippen LogP contribution in [0, 0.1) is 0 Å². The molecule has 0 spiro atoms. The second kappa shape index (κ2) is 10.7. The first-order chi connectivity index (χ1) is 19.0. The number of aromatic nitrogens is 2. The Labute approximate surface area is 227 Å². The van der Waals surface area contributed by atoms with E-state index in [9.17, 15) is 32.3 Å². The van der Waals surface area contributed by atoms with E-state index in [-0.39, 0.29) is 36.0 Å². The number of fused-ring (bicyclic) bond motifs is 3. The summed E-state index contributed by atoms with van der Waals surface area (Å²) in [5, 5.41) is 10.1. The molecule has 0 unspecified atom stereocenters. The van der Waals surface area contributed by atoms with Crippen molar-refractivity contribution in [2.75, 3.05) is 25.2 Å². The van der Waals surface area contributed by atoms with Crippen molar-refractivity contribution in [2.24, 2.45) is 0 Å². The number of amides is 1. The van der Waals surface area contributed by atoms with Crippen LogP contribution in [0.2, 0.25) is 0 Å². The number of ether oxygens (including phenoxy) is 2. The number of benzene rings is 2. The second-order valence-electron chi connectivity index (χ2n) is 10.3. The summed E-state index contributed by atoms with van der Waals surface area (Å²) < 4.78 is 66.9. The van der Waals surface area contributed by atoms with Crippen molar-refractivity contribution in [1.29, 1.82) is 0 Å². The number of hydrogen-bond acceptors (Lipinski definition) is 5. The van der Waals surface area contributed by atoms with Gasteiger partial charge in [0.2, 0.25) is 0 Å². The summed E-state index contributed by atoms with van der Waals surface area (Å²) in [4.78, 5) is 31.3. The first kappa shape index (κ1) is 27.9. The highest BCUT2D eigenvalue weighted by Gasteiger charge is 2.40. The molecular weight excluding hydrogens is 534 g/mol. The van der Waals surface area contributed by atoms with E-state index >= 15 is 0 Å². The van der Waals surface area contributed by atoms with Gasteiger partial charge < -0.3 is 19.1 Å². The third kappa shape index (κ3) is 5.12. The van der Waals surface area contributed by atoms with E-state index in [0.29, 0.717) is 29.6 Å². The van der Waals surface area contributed by atoms with Gasteiger partial charge in [-0.2, -0.15) is 0 Å². The Bertz CT molecular complexity index is 1430. The summed E-state index contributed by atoms with van der Waals surface area (Å²) in [6.07, 6.45) is -2.76. The van der Waals surface area contributed by atoms with Crippen LogP contribution in [0.15, 0.2) is 36.4 Å². The number of carboxylic acid groups (broad SMARTS) is 1. The van der Waals surface area contributed by atoms with E-state index in [1.807, 2.05) is 6.92 Å². The topological polar surface area (TPSA) is 93.9 Å². The Morgan fingerprint density at radius 2 is 1.88 bits per heavy atom. The van der Waals surface area contributed by atoms with Crippen molar-refractivity contribution in [2.45, 2.75) is 63.0 Å². The number of hydrogen-bond donors (Lipinski definition) is 1. The highest BCUT2D eigenvalue weighted by Crippen LogP contribution is 2.40. The molecule has 0 saturated carbocycles. The molecule has 214 valence electrons. The number of rotatable bonds is 6. The quantitative estimate of drug-likeness (QED) is 0.376. The summed E-state index contributed by atoms with van der Waals surface area (Å²) in [5.41, 5.74) is 2.39. The molecule has 1 N–H and O–H groups in total. The van der Waals surface area contributed by atoms with Gasteiger partial charge in [-0.3, -0.25) is 9.69 Å². The van der Waals surface area contributed by atoms with Crippen LogP contribution in [0.3, 0.4) is 0 Å². The molecule has 8 nitrogen and oxygen atoms in total. The van der Waals surface area contributed by atoms with E-state index in [1.54, 1.807) is 16.7 Å². The minimum absolute atomic E-state index is 0.0166. The molecule has 0 radical (unpaired) electrons. The number of imidazole rings is 1. The number of aliphatic carboxylic acids is 1. The largest absolute Gasteiger partial charge is 0.481 e. The van der Waals surface area contributed by atoms with Crippen LogP contribution >= 0.6 is 0 Å². The Morgan fingerprint density at radius 1 is 1.18 bits per heavy atom. The zero-order valence-corrected chi connectivity index (χ0v) is 21.9. The molecule has 1 amide bonds. The number of carbonyl (C=O) groups is 2. The lowest BCUT2D eigenvalue weighted by Crippen LogP contribution is -2.42. The van der Waals surface area contributed by atoms with Gasteiger partial charge in [-0.05, 0) is 37.5 Å². The first-order valence-corrected chi connectivity index (χ1v) is 13.0. The van der Waals surface area contributed by atoms with Gasteiger partial charge in [0, 0.05) is 30.0 Å². The molecule has 3 aromatic rings. The van der Waals surface area contributed by atoms with Crippen LogP contribution in [0.5, 0.6) is 0 Å². The lowest BCUT2D eigenvalue weighted by Gasteiger charge is -2.34. The predicted molar refractivity (Wildman–Crippen MR) is 137 cm³/mol. The van der Waals surface area contributed by atoms with Gasteiger partial charge in [-0.15, -0.1) is 0 Å². The zero-order valence-electron chi connectivity index (χ0n) is 21.9. The number of anilines is 1. The van der Waals surface area contributed by atoms with Crippen LogP contribution in [-0.2, 0) is 27.1 Å². The molecular formula is C28H29F4N3O5. The number of carboxylic acids is 1. The van der Waals surface area contributed by atoms with Crippen LogP contribution in [0.25, 0.3) is 11.0 Å². The molecule has 2 aliphatic rings. The molecule has 5 rings (SSSR count). The second-order valence-corrected chi connectivity index (χ2v) is 10.3. The number of aryl methyl sites for hydroxylation is 1. The van der Waals surface area contributed by atoms with E-state index in [4.69, 9.17) is 14.5 Å². The SMILES string of the molecule is COC(=O)N1c2ccc3c(nc(C[C@@H](C(=O)O)c4ccc(C(F)F)cc4)n3[C@@H]3COCC(F)(F)C3)c2CC[C@@H]1C. The number of methoxy groups -OCH3 is 1. The molecule has 1 aromatic heterocycles. The summed E-state index contributed by atoms with van der Waals surface area (Å²) in [5.74, 6) is -5.21. The normalized spacial score (nSPS) is 21.3. The monoisotopic (exact) mass is 563 g/mol. The third-order valence-electron chi connectivity index (χ3n) is 7.70. The van der Waals surface area contributed by atoms with Crippen LogP contribution in [0.4, 0.5) is 28.0 Å². The smallest absolute Gasteiger partial charge is 0.414 e.